The van der Waals surface area contributed by atoms with E-state index >= 15 is 0 Å². The molecule has 0 bridgehead atoms. The topological polar surface area (TPSA) is 76.7 Å². The number of aryl methyl sites for hydroxylation is 1. The van der Waals surface area contributed by atoms with Gasteiger partial charge in [0.25, 0.3) is 0 Å². The lowest BCUT2D eigenvalue weighted by Crippen LogP contribution is -2.11. The highest BCUT2D eigenvalue weighted by molar-refractivity contribution is 7.09. The van der Waals surface area contributed by atoms with Crippen LogP contribution in [-0.4, -0.2) is 21.5 Å². The number of nitrogens with two attached hydrogens (primary N) is 1. The molecule has 0 fully saturated rings. The first-order valence-corrected chi connectivity index (χ1v) is 6.84. The summed E-state index contributed by atoms with van der Waals surface area (Å²) in [5, 5.41) is 6.41. The molecule has 18 heavy (non-hydrogen) atoms. The van der Waals surface area contributed by atoms with Gasteiger partial charge in [0.2, 0.25) is 5.95 Å². The zero-order valence-corrected chi connectivity index (χ0v) is 11.4. The van der Waals surface area contributed by atoms with E-state index in [0.717, 1.165) is 41.5 Å². The van der Waals surface area contributed by atoms with Gasteiger partial charge in [0, 0.05) is 30.1 Å². The fourth-order valence-corrected chi connectivity index (χ4v) is 2.38. The molecule has 0 saturated heterocycles. The second-order valence-corrected chi connectivity index (χ2v) is 4.94. The van der Waals surface area contributed by atoms with Crippen molar-refractivity contribution in [2.24, 2.45) is 0 Å². The molecule has 2 aromatic heterocycles. The van der Waals surface area contributed by atoms with Gasteiger partial charge in [0.05, 0.1) is 10.7 Å². The van der Waals surface area contributed by atoms with Gasteiger partial charge in [-0.05, 0) is 13.3 Å². The van der Waals surface area contributed by atoms with Gasteiger partial charge >= 0.3 is 0 Å². The average molecular weight is 263 g/mol. The van der Waals surface area contributed by atoms with Gasteiger partial charge in [-0.3, -0.25) is 0 Å². The molecule has 3 N–H and O–H groups in total. The van der Waals surface area contributed by atoms with Crippen molar-refractivity contribution in [3.8, 4) is 0 Å². The van der Waals surface area contributed by atoms with Crippen LogP contribution in [0.4, 0.5) is 11.8 Å². The predicted octanol–water partition coefficient (Wildman–Crippen LogP) is 2.04. The van der Waals surface area contributed by atoms with Crippen LogP contribution in [0.25, 0.3) is 0 Å². The molecule has 0 atom stereocenters. The van der Waals surface area contributed by atoms with Crippen LogP contribution in [0.15, 0.2) is 11.6 Å². The molecule has 96 valence electrons. The van der Waals surface area contributed by atoms with Crippen LogP contribution in [-0.2, 0) is 12.8 Å². The molecule has 0 unspecified atom stereocenters. The molecule has 0 aromatic carbocycles. The predicted molar refractivity (Wildman–Crippen MR) is 74.9 cm³/mol. The third-order valence-corrected chi connectivity index (χ3v) is 3.55. The molecule has 6 heteroatoms. The standard InChI is InChI=1S/C12H17N5S/c1-3-9-8(2)11(17-12(13)16-9)15-5-4-10-14-6-7-18-10/h6-7H,3-5H2,1-2H3,(H3,13,15,16,17). The van der Waals surface area contributed by atoms with Crippen LogP contribution in [0.5, 0.6) is 0 Å². The largest absolute Gasteiger partial charge is 0.369 e. The molecule has 0 spiro atoms. The number of hydrogen-bond donors (Lipinski definition) is 2. The summed E-state index contributed by atoms with van der Waals surface area (Å²) in [7, 11) is 0. The van der Waals surface area contributed by atoms with E-state index in [9.17, 15) is 0 Å². The van der Waals surface area contributed by atoms with Crippen molar-refractivity contribution >= 4 is 23.1 Å². The summed E-state index contributed by atoms with van der Waals surface area (Å²) >= 11 is 1.66. The van der Waals surface area contributed by atoms with Gasteiger partial charge in [0.1, 0.15) is 5.82 Å². The molecular weight excluding hydrogens is 246 g/mol. The summed E-state index contributed by atoms with van der Waals surface area (Å²) < 4.78 is 0. The first kappa shape index (κ1) is 12.8. The highest BCUT2D eigenvalue weighted by Gasteiger charge is 2.07. The van der Waals surface area contributed by atoms with E-state index in [2.05, 4.69) is 27.2 Å². The minimum absolute atomic E-state index is 0.328. The van der Waals surface area contributed by atoms with Gasteiger partial charge in [-0.15, -0.1) is 11.3 Å². The van der Waals surface area contributed by atoms with Crippen molar-refractivity contribution in [2.75, 3.05) is 17.6 Å². The molecule has 0 radical (unpaired) electrons. The second-order valence-electron chi connectivity index (χ2n) is 3.96. The number of aromatic nitrogens is 3. The van der Waals surface area contributed by atoms with E-state index in [-0.39, 0.29) is 0 Å². The summed E-state index contributed by atoms with van der Waals surface area (Å²) in [4.78, 5) is 12.7. The first-order chi connectivity index (χ1) is 8.70. The number of thiazole rings is 1. The van der Waals surface area contributed by atoms with Crippen LogP contribution in [0.2, 0.25) is 0 Å². The Morgan fingerprint density at radius 1 is 1.39 bits per heavy atom. The number of nitrogens with zero attached hydrogens (tertiary/aromatic N) is 3. The molecule has 0 aliphatic heterocycles. The SMILES string of the molecule is CCc1nc(N)nc(NCCc2nccs2)c1C. The van der Waals surface area contributed by atoms with Crippen molar-refractivity contribution in [2.45, 2.75) is 26.7 Å². The Morgan fingerprint density at radius 2 is 2.22 bits per heavy atom. The quantitative estimate of drug-likeness (QED) is 0.863. The lowest BCUT2D eigenvalue weighted by molar-refractivity contribution is 0.948. The van der Waals surface area contributed by atoms with Crippen LogP contribution in [0.3, 0.4) is 0 Å². The van der Waals surface area contributed by atoms with Crippen LogP contribution in [0, 0.1) is 6.92 Å². The number of nitrogen functional groups attached to an aromatic ring is 1. The van der Waals surface area contributed by atoms with Crippen molar-refractivity contribution < 1.29 is 0 Å². The average Bonchev–Trinajstić information content (AvgIpc) is 2.86. The molecule has 0 aliphatic carbocycles. The van der Waals surface area contributed by atoms with Crippen molar-refractivity contribution in [3.05, 3.63) is 27.8 Å². The molecule has 2 rings (SSSR count). The number of hydrogen-bond acceptors (Lipinski definition) is 6. The van der Waals surface area contributed by atoms with Crippen LogP contribution >= 0.6 is 11.3 Å². The molecule has 2 aromatic rings. The molecular formula is C12H17N5S. The van der Waals surface area contributed by atoms with Crippen molar-refractivity contribution in [3.63, 3.8) is 0 Å². The van der Waals surface area contributed by atoms with E-state index in [1.807, 2.05) is 18.5 Å². The summed E-state index contributed by atoms with van der Waals surface area (Å²) in [5.74, 6) is 1.16. The van der Waals surface area contributed by atoms with Gasteiger partial charge in [0.15, 0.2) is 0 Å². The Kier molecular flexibility index (Phi) is 4.09. The van der Waals surface area contributed by atoms with Crippen molar-refractivity contribution in [1.29, 1.82) is 0 Å². The minimum Gasteiger partial charge on any atom is -0.369 e. The third kappa shape index (κ3) is 2.95. The molecule has 0 saturated carbocycles. The normalized spacial score (nSPS) is 10.6. The van der Waals surface area contributed by atoms with Gasteiger partial charge in [-0.2, -0.15) is 4.98 Å². The Bertz CT molecular complexity index is 509. The van der Waals surface area contributed by atoms with E-state index in [1.165, 1.54) is 0 Å². The van der Waals surface area contributed by atoms with Gasteiger partial charge < -0.3 is 11.1 Å². The van der Waals surface area contributed by atoms with Crippen LogP contribution in [0.1, 0.15) is 23.2 Å². The fourth-order valence-electron chi connectivity index (χ4n) is 1.76. The number of nitrogens with one attached hydrogen (secondary N) is 1. The molecule has 0 amide bonds. The fraction of sp³-hybridized carbons (Fsp3) is 0.417. The monoisotopic (exact) mass is 263 g/mol. The third-order valence-electron chi connectivity index (χ3n) is 2.71. The maximum atomic E-state index is 5.70. The molecule has 0 aliphatic rings. The maximum Gasteiger partial charge on any atom is 0.222 e. The van der Waals surface area contributed by atoms with Crippen molar-refractivity contribution in [1.82, 2.24) is 15.0 Å². The number of anilines is 2. The Labute approximate surface area is 111 Å². The second kappa shape index (κ2) is 5.77. The highest BCUT2D eigenvalue weighted by Crippen LogP contribution is 2.17. The van der Waals surface area contributed by atoms with E-state index < -0.39 is 0 Å². The summed E-state index contributed by atoms with van der Waals surface area (Å²) in [6.45, 7) is 4.88. The first-order valence-electron chi connectivity index (χ1n) is 5.96. The Morgan fingerprint density at radius 3 is 2.89 bits per heavy atom. The zero-order valence-electron chi connectivity index (χ0n) is 10.6. The summed E-state index contributed by atoms with van der Waals surface area (Å²) in [5.41, 5.74) is 7.77. The van der Waals surface area contributed by atoms with Gasteiger partial charge in [-0.25, -0.2) is 9.97 Å². The maximum absolute atomic E-state index is 5.70. The molecule has 2 heterocycles. The number of rotatable bonds is 5. The minimum atomic E-state index is 0.328. The lowest BCUT2D eigenvalue weighted by Gasteiger charge is -2.11. The Hall–Kier alpha value is -1.69. The van der Waals surface area contributed by atoms with Crippen LogP contribution < -0.4 is 11.1 Å². The van der Waals surface area contributed by atoms with Gasteiger partial charge in [-0.1, -0.05) is 6.92 Å². The lowest BCUT2D eigenvalue weighted by atomic mass is 10.2. The highest BCUT2D eigenvalue weighted by atomic mass is 32.1. The zero-order chi connectivity index (χ0) is 13.0. The smallest absolute Gasteiger partial charge is 0.222 e. The van der Waals surface area contributed by atoms with E-state index in [1.54, 1.807) is 11.3 Å². The Balaban J connectivity index is 2.02. The molecule has 5 nitrogen and oxygen atoms in total. The van der Waals surface area contributed by atoms with E-state index in [4.69, 9.17) is 5.73 Å². The summed E-state index contributed by atoms with van der Waals surface area (Å²) in [6.07, 6.45) is 3.57. The summed E-state index contributed by atoms with van der Waals surface area (Å²) in [6, 6.07) is 0. The van der Waals surface area contributed by atoms with E-state index in [0.29, 0.717) is 5.95 Å².